The van der Waals surface area contributed by atoms with Crippen LogP contribution in [0.3, 0.4) is 0 Å². The molecule has 0 radical (unpaired) electrons. The standard InChI is InChI=1S/C32H42N4O8S/c1-19-9-6-4-5-7-11-21-18-32(21,29(40)36-45(42,43)31(2)13-14-31)35-28(39)25-17-23(16-24(25)26(19)37)44-30(41)34-22-12-8-10-20(15-22)27(38)33-3/h7-8,10-12,15,19,21,23-25H,4-6,9,13-14,16-18H2,1-3H3,(H,33,38)(H,34,41)(H,35,39)(H,36,40)/b11-7-/t19?,21-,23-,24+,25+,32+/m0/s1. The molecule has 3 aliphatic carbocycles. The van der Waals surface area contributed by atoms with Crippen LogP contribution in [0.15, 0.2) is 36.4 Å². The first-order chi connectivity index (χ1) is 21.3. The van der Waals surface area contributed by atoms with Crippen molar-refractivity contribution in [1.82, 2.24) is 15.4 Å². The Morgan fingerprint density at radius 3 is 2.51 bits per heavy atom. The number of allylic oxidation sites excluding steroid dienone is 1. The third-order valence-electron chi connectivity index (χ3n) is 9.80. The molecule has 0 aromatic heterocycles. The quantitative estimate of drug-likeness (QED) is 0.342. The molecule has 4 N–H and O–H groups in total. The van der Waals surface area contributed by atoms with E-state index in [9.17, 15) is 32.4 Å². The Morgan fingerprint density at radius 2 is 1.80 bits per heavy atom. The highest BCUT2D eigenvalue weighted by molar-refractivity contribution is 7.91. The third-order valence-corrected chi connectivity index (χ3v) is 12.0. The summed E-state index contributed by atoms with van der Waals surface area (Å²) in [6.45, 7) is 3.43. The van der Waals surface area contributed by atoms with E-state index in [-0.39, 0.29) is 42.8 Å². The zero-order valence-corrected chi connectivity index (χ0v) is 26.7. The van der Waals surface area contributed by atoms with Crippen LogP contribution in [0.1, 0.15) is 82.0 Å². The van der Waals surface area contributed by atoms with Crippen LogP contribution in [0, 0.1) is 23.7 Å². The fourth-order valence-corrected chi connectivity index (χ4v) is 7.74. The molecule has 1 unspecified atom stereocenters. The fourth-order valence-electron chi connectivity index (χ4n) is 6.43. The second kappa shape index (κ2) is 12.6. The molecule has 3 saturated carbocycles. The fraction of sp³-hybridized carbons (Fsp3) is 0.594. The summed E-state index contributed by atoms with van der Waals surface area (Å²) >= 11 is 0. The molecule has 12 nitrogen and oxygen atoms in total. The molecule has 244 valence electrons. The monoisotopic (exact) mass is 642 g/mol. The third kappa shape index (κ3) is 6.92. The van der Waals surface area contributed by atoms with E-state index in [4.69, 9.17) is 4.74 Å². The molecular weight excluding hydrogens is 600 g/mol. The van der Waals surface area contributed by atoms with Crippen molar-refractivity contribution < 1.29 is 37.1 Å². The van der Waals surface area contributed by atoms with Crippen molar-refractivity contribution in [2.45, 2.75) is 88.0 Å². The summed E-state index contributed by atoms with van der Waals surface area (Å²) in [5.74, 6) is -4.03. The molecule has 4 amide bonds. The molecular formula is C32H42N4O8S. The molecule has 6 atom stereocenters. The predicted molar refractivity (Wildman–Crippen MR) is 165 cm³/mol. The molecule has 1 aromatic carbocycles. The van der Waals surface area contributed by atoms with Gasteiger partial charge in [0.05, 0.1) is 10.7 Å². The zero-order valence-electron chi connectivity index (χ0n) is 25.9. The van der Waals surface area contributed by atoms with Gasteiger partial charge < -0.3 is 15.4 Å². The van der Waals surface area contributed by atoms with Gasteiger partial charge in [0, 0.05) is 36.1 Å². The van der Waals surface area contributed by atoms with E-state index in [1.54, 1.807) is 25.1 Å². The van der Waals surface area contributed by atoms with Gasteiger partial charge in [0.2, 0.25) is 15.9 Å². The van der Waals surface area contributed by atoms with Gasteiger partial charge in [-0.2, -0.15) is 0 Å². The molecule has 1 heterocycles. The Balaban J connectivity index is 1.33. The van der Waals surface area contributed by atoms with E-state index < -0.39 is 56.2 Å². The first kappa shape index (κ1) is 32.6. The van der Waals surface area contributed by atoms with Crippen molar-refractivity contribution in [2.24, 2.45) is 23.7 Å². The highest BCUT2D eigenvalue weighted by Gasteiger charge is 2.63. The Kier molecular flexibility index (Phi) is 9.12. The minimum Gasteiger partial charge on any atom is -0.446 e. The van der Waals surface area contributed by atoms with Gasteiger partial charge >= 0.3 is 6.09 Å². The summed E-state index contributed by atoms with van der Waals surface area (Å²) in [6.07, 6.45) is 6.69. The summed E-state index contributed by atoms with van der Waals surface area (Å²) in [7, 11) is -2.43. The maximum Gasteiger partial charge on any atom is 0.411 e. The van der Waals surface area contributed by atoms with Crippen LogP contribution in [-0.2, 0) is 29.1 Å². The Labute approximate surface area is 263 Å². The number of amides is 4. The second-order valence-electron chi connectivity index (χ2n) is 13.2. The number of hydrogen-bond donors (Lipinski definition) is 4. The number of fused-ring (bicyclic) bond motifs is 2. The van der Waals surface area contributed by atoms with Crippen molar-refractivity contribution in [1.29, 1.82) is 0 Å². The summed E-state index contributed by atoms with van der Waals surface area (Å²) < 4.78 is 32.7. The largest absolute Gasteiger partial charge is 0.446 e. The van der Waals surface area contributed by atoms with Gasteiger partial charge in [0.1, 0.15) is 17.4 Å². The molecule has 5 rings (SSSR count). The van der Waals surface area contributed by atoms with E-state index in [0.717, 1.165) is 19.3 Å². The lowest BCUT2D eigenvalue weighted by atomic mass is 9.83. The van der Waals surface area contributed by atoms with Crippen molar-refractivity contribution in [3.8, 4) is 0 Å². The smallest absolute Gasteiger partial charge is 0.411 e. The van der Waals surface area contributed by atoms with Gasteiger partial charge in [0.15, 0.2) is 0 Å². The first-order valence-corrected chi connectivity index (χ1v) is 17.2. The number of carbonyl (C=O) groups excluding carboxylic acids is 5. The molecule has 1 aliphatic heterocycles. The van der Waals surface area contributed by atoms with Gasteiger partial charge in [-0.15, -0.1) is 0 Å². The molecule has 13 heteroatoms. The highest BCUT2D eigenvalue weighted by Crippen LogP contribution is 2.48. The van der Waals surface area contributed by atoms with Crippen molar-refractivity contribution >= 4 is 45.3 Å². The van der Waals surface area contributed by atoms with E-state index in [1.165, 1.54) is 13.1 Å². The van der Waals surface area contributed by atoms with Crippen molar-refractivity contribution in [2.75, 3.05) is 12.4 Å². The van der Waals surface area contributed by atoms with Gasteiger partial charge in [0.25, 0.3) is 11.8 Å². The van der Waals surface area contributed by atoms with Crippen LogP contribution in [0.2, 0.25) is 0 Å². The van der Waals surface area contributed by atoms with Gasteiger partial charge in [-0.1, -0.05) is 31.6 Å². The minimum atomic E-state index is -3.93. The molecule has 1 aromatic rings. The predicted octanol–water partition coefficient (Wildman–Crippen LogP) is 3.20. The van der Waals surface area contributed by atoms with Crippen molar-refractivity contribution in [3.63, 3.8) is 0 Å². The first-order valence-electron chi connectivity index (χ1n) is 15.7. The van der Waals surface area contributed by atoms with E-state index >= 15 is 0 Å². The SMILES string of the molecule is CNC(=O)c1cccc(NC(=O)O[C@@H]2C[C@H]3C(=O)N[C@]4(C(=O)NS(=O)(=O)C5(C)CC5)C[C@@H]4/C=C\CCCCC(C)C(=O)[C@@H]3C2)c1. The Bertz CT molecular complexity index is 1520. The van der Waals surface area contributed by atoms with Gasteiger partial charge in [-0.3, -0.25) is 29.2 Å². The highest BCUT2D eigenvalue weighted by atomic mass is 32.2. The number of ether oxygens (including phenoxy) is 1. The molecule has 0 spiro atoms. The number of ketones is 1. The summed E-state index contributed by atoms with van der Waals surface area (Å²) in [4.78, 5) is 65.9. The number of anilines is 1. The number of benzene rings is 1. The molecule has 0 bridgehead atoms. The van der Waals surface area contributed by atoms with Gasteiger partial charge in [-0.05, 0) is 76.5 Å². The average molecular weight is 643 g/mol. The molecule has 4 aliphatic rings. The number of Topliss-reactive ketones (excluding diaryl/α,β-unsaturated/α-hetero) is 1. The number of sulfonamides is 1. The number of nitrogens with one attached hydrogen (secondary N) is 4. The minimum absolute atomic E-state index is 0.0647. The number of carbonyl (C=O) groups is 5. The number of rotatable bonds is 6. The van der Waals surface area contributed by atoms with Crippen LogP contribution in [0.5, 0.6) is 0 Å². The van der Waals surface area contributed by atoms with Crippen LogP contribution in [0.25, 0.3) is 0 Å². The maximum absolute atomic E-state index is 13.9. The maximum atomic E-state index is 13.9. The van der Waals surface area contributed by atoms with E-state index in [2.05, 4.69) is 20.7 Å². The van der Waals surface area contributed by atoms with Crippen LogP contribution < -0.4 is 20.7 Å². The van der Waals surface area contributed by atoms with Crippen molar-refractivity contribution in [3.05, 3.63) is 42.0 Å². The van der Waals surface area contributed by atoms with Crippen LogP contribution >= 0.6 is 0 Å². The summed E-state index contributed by atoms with van der Waals surface area (Å²) in [6, 6.07) is 6.32. The van der Waals surface area contributed by atoms with Crippen LogP contribution in [-0.4, -0.2) is 61.5 Å². The van der Waals surface area contributed by atoms with E-state index in [0.29, 0.717) is 30.5 Å². The van der Waals surface area contributed by atoms with Gasteiger partial charge in [-0.25, -0.2) is 13.2 Å². The lowest BCUT2D eigenvalue weighted by Gasteiger charge is -2.25. The zero-order chi connectivity index (χ0) is 32.6. The Hall–Kier alpha value is -3.74. The van der Waals surface area contributed by atoms with E-state index in [1.807, 2.05) is 19.1 Å². The summed E-state index contributed by atoms with van der Waals surface area (Å²) in [5, 5.41) is 7.97. The Morgan fingerprint density at radius 1 is 1.07 bits per heavy atom. The topological polar surface area (TPSA) is 177 Å². The molecule has 3 fully saturated rings. The molecule has 0 saturated heterocycles. The normalized spacial score (nSPS) is 31.6. The second-order valence-corrected chi connectivity index (χ2v) is 15.4. The lowest BCUT2D eigenvalue weighted by molar-refractivity contribution is -0.136. The lowest BCUT2D eigenvalue weighted by Crippen LogP contribution is -2.55. The summed E-state index contributed by atoms with van der Waals surface area (Å²) in [5.41, 5.74) is -0.751. The average Bonchev–Trinajstić information content (AvgIpc) is 3.88. The van der Waals surface area contributed by atoms with Crippen LogP contribution in [0.4, 0.5) is 10.5 Å². The number of hydrogen-bond acceptors (Lipinski definition) is 8. The molecule has 45 heavy (non-hydrogen) atoms.